The zero-order valence-electron chi connectivity index (χ0n) is 13.2. The fraction of sp³-hybridized carbons (Fsp3) is 0.312. The van der Waals surface area contributed by atoms with Crippen molar-refractivity contribution < 1.29 is 13.2 Å². The van der Waals surface area contributed by atoms with E-state index in [1.807, 2.05) is 30.3 Å². The molecule has 0 aliphatic carbocycles. The van der Waals surface area contributed by atoms with E-state index in [-0.39, 0.29) is 10.8 Å². The van der Waals surface area contributed by atoms with E-state index in [9.17, 15) is 13.2 Å². The summed E-state index contributed by atoms with van der Waals surface area (Å²) in [5.41, 5.74) is 1.54. The molecule has 23 heavy (non-hydrogen) atoms. The Kier molecular flexibility index (Phi) is 5.57. The first-order valence-corrected chi connectivity index (χ1v) is 8.84. The summed E-state index contributed by atoms with van der Waals surface area (Å²) >= 11 is 0. The van der Waals surface area contributed by atoms with Crippen LogP contribution in [-0.2, 0) is 23.5 Å². The lowest BCUT2D eigenvalue weighted by Crippen LogP contribution is -2.26. The molecule has 0 saturated carbocycles. The van der Waals surface area contributed by atoms with E-state index in [2.05, 4.69) is 10.0 Å². The van der Waals surface area contributed by atoms with Gasteiger partial charge in [-0.1, -0.05) is 30.3 Å². The minimum atomic E-state index is -3.55. The molecule has 0 unspecified atom stereocenters. The lowest BCUT2D eigenvalue weighted by Gasteiger charge is -2.06. The van der Waals surface area contributed by atoms with E-state index < -0.39 is 10.0 Å². The molecule has 0 atom stereocenters. The van der Waals surface area contributed by atoms with Gasteiger partial charge in [-0.15, -0.1) is 0 Å². The second-order valence-corrected chi connectivity index (χ2v) is 7.11. The molecule has 2 aromatic rings. The molecule has 0 radical (unpaired) electrons. The van der Waals surface area contributed by atoms with E-state index in [1.54, 1.807) is 7.05 Å². The number of carbonyl (C=O) groups excluding carboxylic acids is 1. The van der Waals surface area contributed by atoms with E-state index >= 15 is 0 Å². The standard InChI is InChI=1S/C16H21N3O3S/c1-17-23(21,22)14-11-15(19(2)12-14)16(20)18-10-6-9-13-7-4-3-5-8-13/h3-5,7-8,11-12,17H,6,9-10H2,1-2H3,(H,18,20). The summed E-state index contributed by atoms with van der Waals surface area (Å²) < 4.78 is 27.2. The maximum Gasteiger partial charge on any atom is 0.267 e. The number of hydrogen-bond acceptors (Lipinski definition) is 3. The number of nitrogens with one attached hydrogen (secondary N) is 2. The molecule has 7 heteroatoms. The molecule has 0 aliphatic rings. The van der Waals surface area contributed by atoms with E-state index in [4.69, 9.17) is 0 Å². The second-order valence-electron chi connectivity index (χ2n) is 5.22. The van der Waals surface area contributed by atoms with Gasteiger partial charge in [-0.2, -0.15) is 0 Å². The summed E-state index contributed by atoms with van der Waals surface area (Å²) in [6, 6.07) is 11.4. The Labute approximate surface area is 136 Å². The molecule has 6 nitrogen and oxygen atoms in total. The number of rotatable bonds is 7. The van der Waals surface area contributed by atoms with Crippen molar-refractivity contribution >= 4 is 15.9 Å². The zero-order chi connectivity index (χ0) is 16.9. The van der Waals surface area contributed by atoms with Crippen molar-refractivity contribution in [3.05, 3.63) is 53.9 Å². The highest BCUT2D eigenvalue weighted by Crippen LogP contribution is 2.13. The number of carbonyl (C=O) groups is 1. The van der Waals surface area contributed by atoms with Crippen molar-refractivity contribution in [2.24, 2.45) is 7.05 Å². The van der Waals surface area contributed by atoms with Crippen LogP contribution in [0.15, 0.2) is 47.5 Å². The van der Waals surface area contributed by atoms with E-state index in [1.165, 1.54) is 29.4 Å². The molecule has 2 rings (SSSR count). The Balaban J connectivity index is 1.91. The third-order valence-electron chi connectivity index (χ3n) is 3.56. The van der Waals surface area contributed by atoms with Gasteiger partial charge >= 0.3 is 0 Å². The quantitative estimate of drug-likeness (QED) is 0.749. The normalized spacial score (nSPS) is 11.4. The Hall–Kier alpha value is -2.12. The number of aryl methyl sites for hydroxylation is 2. The van der Waals surface area contributed by atoms with Crippen molar-refractivity contribution in [1.82, 2.24) is 14.6 Å². The molecular weight excluding hydrogens is 314 g/mol. The van der Waals surface area contributed by atoms with Crippen LogP contribution in [0.4, 0.5) is 0 Å². The molecule has 1 aromatic heterocycles. The van der Waals surface area contributed by atoms with Crippen LogP contribution in [0.5, 0.6) is 0 Å². The topological polar surface area (TPSA) is 80.2 Å². The third-order valence-corrected chi connectivity index (χ3v) is 4.94. The number of nitrogens with zero attached hydrogens (tertiary/aromatic N) is 1. The van der Waals surface area contributed by atoms with Crippen molar-refractivity contribution in [2.45, 2.75) is 17.7 Å². The molecule has 2 N–H and O–H groups in total. The Bertz CT molecular complexity index is 767. The molecule has 0 fully saturated rings. The van der Waals surface area contributed by atoms with Crippen LogP contribution < -0.4 is 10.0 Å². The SMILES string of the molecule is CNS(=O)(=O)c1cc(C(=O)NCCCc2ccccc2)n(C)c1. The number of benzene rings is 1. The van der Waals surface area contributed by atoms with Crippen LogP contribution in [0.2, 0.25) is 0 Å². The van der Waals surface area contributed by atoms with Gasteiger partial charge < -0.3 is 9.88 Å². The van der Waals surface area contributed by atoms with Crippen LogP contribution in [0.25, 0.3) is 0 Å². The van der Waals surface area contributed by atoms with Crippen molar-refractivity contribution in [3.8, 4) is 0 Å². The first-order chi connectivity index (χ1) is 10.9. The van der Waals surface area contributed by atoms with Gasteiger partial charge in [-0.25, -0.2) is 13.1 Å². The zero-order valence-corrected chi connectivity index (χ0v) is 14.1. The van der Waals surface area contributed by atoms with Gasteiger partial charge in [-0.3, -0.25) is 4.79 Å². The van der Waals surface area contributed by atoms with Gasteiger partial charge in [0.05, 0.1) is 0 Å². The molecule has 1 aromatic carbocycles. The maximum atomic E-state index is 12.2. The van der Waals surface area contributed by atoms with Gasteiger partial charge in [0.15, 0.2) is 0 Å². The molecule has 0 spiro atoms. The molecular formula is C16H21N3O3S. The summed E-state index contributed by atoms with van der Waals surface area (Å²) in [5.74, 6) is -0.280. The molecule has 0 bridgehead atoms. The summed E-state index contributed by atoms with van der Waals surface area (Å²) in [6.07, 6.45) is 3.13. The largest absolute Gasteiger partial charge is 0.351 e. The monoisotopic (exact) mass is 335 g/mol. The number of hydrogen-bond donors (Lipinski definition) is 2. The Morgan fingerprint density at radius 3 is 2.57 bits per heavy atom. The van der Waals surface area contributed by atoms with Crippen molar-refractivity contribution in [1.29, 1.82) is 0 Å². The number of amides is 1. The second kappa shape index (κ2) is 7.43. The minimum Gasteiger partial charge on any atom is -0.351 e. The van der Waals surface area contributed by atoms with Crippen molar-refractivity contribution in [3.63, 3.8) is 0 Å². The number of aromatic nitrogens is 1. The average Bonchev–Trinajstić information content (AvgIpc) is 2.95. The summed E-state index contributed by atoms with van der Waals surface area (Å²) in [6.45, 7) is 0.535. The fourth-order valence-electron chi connectivity index (χ4n) is 2.25. The number of sulfonamides is 1. The van der Waals surface area contributed by atoms with Gasteiger partial charge in [0.2, 0.25) is 10.0 Å². The van der Waals surface area contributed by atoms with Gasteiger partial charge in [0, 0.05) is 19.8 Å². The van der Waals surface area contributed by atoms with Crippen molar-refractivity contribution in [2.75, 3.05) is 13.6 Å². The third kappa shape index (κ3) is 4.43. The molecule has 0 saturated heterocycles. The van der Waals surface area contributed by atoms with Crippen LogP contribution in [0.3, 0.4) is 0 Å². The van der Waals surface area contributed by atoms with Crippen LogP contribution >= 0.6 is 0 Å². The lowest BCUT2D eigenvalue weighted by atomic mass is 10.1. The van der Waals surface area contributed by atoms with Crippen LogP contribution in [0.1, 0.15) is 22.5 Å². The van der Waals surface area contributed by atoms with E-state index in [0.717, 1.165) is 12.8 Å². The summed E-state index contributed by atoms with van der Waals surface area (Å²) in [5, 5.41) is 2.82. The molecule has 1 amide bonds. The minimum absolute atomic E-state index is 0.0805. The van der Waals surface area contributed by atoms with Crippen LogP contribution in [-0.4, -0.2) is 32.5 Å². The first kappa shape index (κ1) is 17.2. The highest BCUT2D eigenvalue weighted by molar-refractivity contribution is 7.89. The fourth-order valence-corrected chi connectivity index (χ4v) is 3.05. The Morgan fingerprint density at radius 1 is 1.22 bits per heavy atom. The maximum absolute atomic E-state index is 12.2. The Morgan fingerprint density at radius 2 is 1.91 bits per heavy atom. The summed E-state index contributed by atoms with van der Waals surface area (Å²) in [4.78, 5) is 12.2. The van der Waals surface area contributed by atoms with Gasteiger partial charge in [0.25, 0.3) is 5.91 Å². The summed E-state index contributed by atoms with van der Waals surface area (Å²) in [7, 11) is -0.560. The van der Waals surface area contributed by atoms with Gasteiger partial charge in [-0.05, 0) is 31.5 Å². The highest BCUT2D eigenvalue weighted by atomic mass is 32.2. The van der Waals surface area contributed by atoms with Gasteiger partial charge in [0.1, 0.15) is 10.6 Å². The lowest BCUT2D eigenvalue weighted by molar-refractivity contribution is 0.0945. The smallest absolute Gasteiger partial charge is 0.267 e. The molecule has 124 valence electrons. The predicted octanol–water partition coefficient (Wildman–Crippen LogP) is 1.30. The molecule has 0 aliphatic heterocycles. The van der Waals surface area contributed by atoms with Crippen LogP contribution in [0, 0.1) is 0 Å². The average molecular weight is 335 g/mol. The molecule has 1 heterocycles. The first-order valence-electron chi connectivity index (χ1n) is 7.36. The van der Waals surface area contributed by atoms with E-state index in [0.29, 0.717) is 12.2 Å². The highest BCUT2D eigenvalue weighted by Gasteiger charge is 2.18. The predicted molar refractivity (Wildman–Crippen MR) is 88.8 cm³/mol.